The summed E-state index contributed by atoms with van der Waals surface area (Å²) < 4.78 is 38.8. The molecule has 26 heavy (non-hydrogen) atoms. The monoisotopic (exact) mass is 366 g/mol. The number of anilines is 1. The van der Waals surface area contributed by atoms with Crippen molar-refractivity contribution in [1.82, 2.24) is 4.90 Å². The minimum Gasteiger partial charge on any atom is -0.347 e. The number of piperidine rings is 1. The van der Waals surface area contributed by atoms with E-state index < -0.39 is 34.4 Å². The van der Waals surface area contributed by atoms with Crippen molar-refractivity contribution >= 4 is 17.5 Å². The molecule has 6 nitrogen and oxygen atoms in total. The molecule has 8 heteroatoms. The number of amides is 2. The Morgan fingerprint density at radius 1 is 1.00 bits per heavy atom. The van der Waals surface area contributed by atoms with E-state index in [9.17, 15) is 18.4 Å². The van der Waals surface area contributed by atoms with Gasteiger partial charge in [-0.3, -0.25) is 9.59 Å². The van der Waals surface area contributed by atoms with E-state index in [2.05, 4.69) is 5.32 Å². The van der Waals surface area contributed by atoms with Crippen LogP contribution in [0.3, 0.4) is 0 Å². The van der Waals surface area contributed by atoms with Crippen molar-refractivity contribution < 1.29 is 27.8 Å². The Hall–Kier alpha value is -2.06. The Morgan fingerprint density at radius 2 is 1.58 bits per heavy atom. The zero-order valence-electron chi connectivity index (χ0n) is 14.2. The van der Waals surface area contributed by atoms with Gasteiger partial charge in [-0.05, 0) is 25.0 Å². The van der Waals surface area contributed by atoms with Gasteiger partial charge in [0, 0.05) is 25.9 Å². The molecule has 1 N–H and O–H groups in total. The zero-order chi connectivity index (χ0) is 18.4. The highest BCUT2D eigenvalue weighted by Crippen LogP contribution is 2.49. The van der Waals surface area contributed by atoms with Gasteiger partial charge in [0.2, 0.25) is 11.8 Å². The first kappa shape index (κ1) is 17.4. The number of benzene rings is 1. The molecule has 4 rings (SSSR count). The number of hydrogen-bond acceptors (Lipinski definition) is 4. The average Bonchev–Trinajstić information content (AvgIpc) is 3.34. The number of halogens is 2. The van der Waals surface area contributed by atoms with Crippen molar-refractivity contribution in [1.29, 1.82) is 0 Å². The molecule has 2 heterocycles. The second-order valence-electron chi connectivity index (χ2n) is 7.03. The Kier molecular flexibility index (Phi) is 4.19. The maximum Gasteiger partial charge on any atom is 0.240 e. The number of ether oxygens (including phenoxy) is 2. The Balaban J connectivity index is 1.43. The highest BCUT2D eigenvalue weighted by molar-refractivity contribution is 6.13. The normalized spacial score (nSPS) is 23.1. The first-order valence-corrected chi connectivity index (χ1v) is 8.79. The third-order valence-electron chi connectivity index (χ3n) is 5.42. The zero-order valence-corrected chi connectivity index (χ0v) is 14.2. The molecule has 0 radical (unpaired) electrons. The molecule has 2 aliphatic heterocycles. The molecule has 0 aromatic heterocycles. The van der Waals surface area contributed by atoms with E-state index in [0.29, 0.717) is 52.0 Å². The van der Waals surface area contributed by atoms with Crippen LogP contribution >= 0.6 is 0 Å². The lowest BCUT2D eigenvalue weighted by Gasteiger charge is -2.38. The number of para-hydroxylation sites is 1. The number of nitrogens with one attached hydrogen (secondary N) is 1. The molecule has 0 unspecified atom stereocenters. The van der Waals surface area contributed by atoms with Crippen molar-refractivity contribution in [3.05, 3.63) is 29.8 Å². The van der Waals surface area contributed by atoms with Gasteiger partial charge < -0.3 is 19.7 Å². The highest BCUT2D eigenvalue weighted by atomic mass is 19.1. The van der Waals surface area contributed by atoms with Crippen LogP contribution in [-0.2, 0) is 19.1 Å². The number of hydrogen-bond donors (Lipinski definition) is 1. The van der Waals surface area contributed by atoms with Crippen LogP contribution in [0.2, 0.25) is 0 Å². The van der Waals surface area contributed by atoms with Crippen LogP contribution in [0.4, 0.5) is 14.5 Å². The van der Waals surface area contributed by atoms with Gasteiger partial charge in [0.05, 0.1) is 13.2 Å². The lowest BCUT2D eigenvalue weighted by Crippen LogP contribution is -2.51. The van der Waals surface area contributed by atoms with E-state index in [1.807, 2.05) is 0 Å². The van der Waals surface area contributed by atoms with Gasteiger partial charge in [-0.2, -0.15) is 0 Å². The molecule has 140 valence electrons. The van der Waals surface area contributed by atoms with Crippen LogP contribution in [0.5, 0.6) is 0 Å². The smallest absolute Gasteiger partial charge is 0.240 e. The fraction of sp³-hybridized carbons (Fsp3) is 0.556. The second kappa shape index (κ2) is 6.28. The van der Waals surface area contributed by atoms with Crippen molar-refractivity contribution in [2.24, 2.45) is 5.41 Å². The van der Waals surface area contributed by atoms with E-state index in [0.717, 1.165) is 12.1 Å². The molecular formula is C18H20F2N2O4. The Labute approximate surface area is 149 Å². The molecule has 1 aromatic carbocycles. The number of carbonyl (C=O) groups excluding carboxylic acids is 2. The average molecular weight is 366 g/mol. The molecule has 1 aromatic rings. The van der Waals surface area contributed by atoms with Crippen LogP contribution < -0.4 is 5.32 Å². The lowest BCUT2D eigenvalue weighted by molar-refractivity contribution is -0.188. The van der Waals surface area contributed by atoms with Crippen LogP contribution in [0.15, 0.2) is 18.2 Å². The summed E-state index contributed by atoms with van der Waals surface area (Å²) in [6.07, 6.45) is 1.86. The van der Waals surface area contributed by atoms with Crippen molar-refractivity contribution in [2.75, 3.05) is 31.6 Å². The third-order valence-corrected chi connectivity index (χ3v) is 5.42. The predicted molar refractivity (Wildman–Crippen MR) is 87.1 cm³/mol. The van der Waals surface area contributed by atoms with Gasteiger partial charge >= 0.3 is 0 Å². The van der Waals surface area contributed by atoms with Crippen molar-refractivity contribution in [2.45, 2.75) is 31.5 Å². The third kappa shape index (κ3) is 2.87. The van der Waals surface area contributed by atoms with Gasteiger partial charge in [0.15, 0.2) is 5.79 Å². The summed E-state index contributed by atoms with van der Waals surface area (Å²) in [6, 6.07) is 3.34. The summed E-state index contributed by atoms with van der Waals surface area (Å²) in [5.41, 5.74) is -1.74. The van der Waals surface area contributed by atoms with Gasteiger partial charge in [0.1, 0.15) is 22.7 Å². The topological polar surface area (TPSA) is 67.9 Å². The van der Waals surface area contributed by atoms with Gasteiger partial charge in [-0.25, -0.2) is 8.78 Å². The quantitative estimate of drug-likeness (QED) is 0.832. The van der Waals surface area contributed by atoms with Crippen LogP contribution in [-0.4, -0.2) is 48.8 Å². The molecule has 2 saturated heterocycles. The molecule has 0 bridgehead atoms. The summed E-state index contributed by atoms with van der Waals surface area (Å²) in [5, 5.41) is 2.26. The highest BCUT2D eigenvalue weighted by Gasteiger charge is 2.59. The Bertz CT molecular complexity index is 714. The van der Waals surface area contributed by atoms with Gasteiger partial charge in [0.25, 0.3) is 0 Å². The summed E-state index contributed by atoms with van der Waals surface area (Å²) in [5.74, 6) is -3.28. The molecule has 3 aliphatic rings. The van der Waals surface area contributed by atoms with Gasteiger partial charge in [-0.15, -0.1) is 0 Å². The summed E-state index contributed by atoms with van der Waals surface area (Å²) in [7, 11) is 0. The van der Waals surface area contributed by atoms with E-state index >= 15 is 0 Å². The lowest BCUT2D eigenvalue weighted by atomic mass is 9.98. The number of carbonyl (C=O) groups is 2. The van der Waals surface area contributed by atoms with Crippen LogP contribution in [0.1, 0.15) is 25.7 Å². The largest absolute Gasteiger partial charge is 0.347 e. The van der Waals surface area contributed by atoms with E-state index in [4.69, 9.17) is 9.47 Å². The van der Waals surface area contributed by atoms with Crippen LogP contribution in [0, 0.1) is 17.0 Å². The van der Waals surface area contributed by atoms with Crippen LogP contribution in [0.25, 0.3) is 0 Å². The molecule has 2 amide bonds. The molecule has 1 aliphatic carbocycles. The first-order chi connectivity index (χ1) is 12.5. The summed E-state index contributed by atoms with van der Waals surface area (Å²) in [6.45, 7) is 1.97. The minimum atomic E-state index is -1.23. The fourth-order valence-corrected chi connectivity index (χ4v) is 3.65. The first-order valence-electron chi connectivity index (χ1n) is 8.79. The number of nitrogens with zero attached hydrogens (tertiary/aromatic N) is 1. The molecule has 3 fully saturated rings. The van der Waals surface area contributed by atoms with Crippen molar-refractivity contribution in [3.8, 4) is 0 Å². The second-order valence-corrected chi connectivity index (χ2v) is 7.03. The van der Waals surface area contributed by atoms with E-state index in [1.54, 1.807) is 4.90 Å². The molecule has 1 spiro atoms. The number of rotatable bonds is 3. The maximum absolute atomic E-state index is 13.8. The fourth-order valence-electron chi connectivity index (χ4n) is 3.65. The molecule has 0 atom stereocenters. The van der Waals surface area contributed by atoms with E-state index in [-0.39, 0.29) is 5.91 Å². The summed E-state index contributed by atoms with van der Waals surface area (Å²) in [4.78, 5) is 27.1. The number of likely N-dealkylation sites (tertiary alicyclic amines) is 1. The molecular weight excluding hydrogens is 346 g/mol. The maximum atomic E-state index is 13.8. The Morgan fingerprint density at radius 3 is 2.12 bits per heavy atom. The SMILES string of the molecule is O=C(Nc1c(F)cccc1F)C1(C(=O)N2CCC3(CC2)OCCO3)CC1. The van der Waals surface area contributed by atoms with Crippen molar-refractivity contribution in [3.63, 3.8) is 0 Å². The minimum absolute atomic E-state index is 0.292. The van der Waals surface area contributed by atoms with E-state index in [1.165, 1.54) is 6.07 Å². The standard InChI is InChI=1S/C18H20F2N2O4/c19-12-2-1-3-13(20)14(12)21-15(23)17(4-5-17)16(24)22-8-6-18(7-9-22)25-10-11-26-18/h1-3H,4-11H2,(H,21,23). The predicted octanol–water partition coefficient (Wildman–Crippen LogP) is 2.05. The summed E-state index contributed by atoms with van der Waals surface area (Å²) >= 11 is 0. The molecule has 1 saturated carbocycles. The van der Waals surface area contributed by atoms with Gasteiger partial charge in [-0.1, -0.05) is 6.07 Å².